The molecule has 4 rings (SSSR count). The number of carbonyl (C=O) groups is 1. The molecule has 1 atom stereocenters. The van der Waals surface area contributed by atoms with Crippen LogP contribution in [-0.4, -0.2) is 42.1 Å². The molecular formula is C24H24N4O5S. The second kappa shape index (κ2) is 9.94. The minimum atomic E-state index is -3.87. The van der Waals surface area contributed by atoms with Crippen molar-refractivity contribution < 1.29 is 23.1 Å². The van der Waals surface area contributed by atoms with E-state index < -0.39 is 16.1 Å². The van der Waals surface area contributed by atoms with Crippen molar-refractivity contribution >= 4 is 32.5 Å². The first-order chi connectivity index (χ1) is 16.3. The molecule has 0 spiro atoms. The molecule has 2 aromatic carbocycles. The van der Waals surface area contributed by atoms with E-state index in [2.05, 4.69) is 20.0 Å². The second-order valence-electron chi connectivity index (χ2n) is 7.73. The van der Waals surface area contributed by atoms with Crippen molar-refractivity contribution in [3.05, 3.63) is 84.3 Å². The van der Waals surface area contributed by atoms with Gasteiger partial charge in [0.25, 0.3) is 15.9 Å². The largest absolute Gasteiger partial charge is 0.489 e. The molecule has 0 saturated heterocycles. The molecule has 2 aromatic heterocycles. The number of H-pyrrole nitrogens is 1. The van der Waals surface area contributed by atoms with Gasteiger partial charge in [0.1, 0.15) is 18.1 Å². The van der Waals surface area contributed by atoms with E-state index in [9.17, 15) is 18.3 Å². The maximum absolute atomic E-state index is 12.8. The zero-order chi connectivity index (χ0) is 24.1. The minimum Gasteiger partial charge on any atom is -0.489 e. The summed E-state index contributed by atoms with van der Waals surface area (Å²) in [7, 11) is -3.87. The molecule has 0 aliphatic carbocycles. The van der Waals surface area contributed by atoms with Crippen LogP contribution in [0, 0.1) is 0 Å². The van der Waals surface area contributed by atoms with Crippen molar-refractivity contribution in [3.8, 4) is 5.75 Å². The van der Waals surface area contributed by atoms with Crippen LogP contribution in [0.1, 0.15) is 23.0 Å². The average molecular weight is 481 g/mol. The molecule has 4 aromatic rings. The molecule has 0 aliphatic heterocycles. The topological polar surface area (TPSA) is 133 Å². The van der Waals surface area contributed by atoms with Crippen LogP contribution in [0.25, 0.3) is 10.9 Å². The number of carbonyl (C=O) groups excluding carboxylic acids is 1. The summed E-state index contributed by atoms with van der Waals surface area (Å²) in [6.07, 6.45) is 2.63. The number of hydrogen-bond acceptors (Lipinski definition) is 6. The summed E-state index contributed by atoms with van der Waals surface area (Å²) in [6.45, 7) is 1.85. The Morgan fingerprint density at radius 2 is 1.91 bits per heavy atom. The molecule has 9 nitrogen and oxygen atoms in total. The third kappa shape index (κ3) is 5.53. The number of rotatable bonds is 9. The van der Waals surface area contributed by atoms with Crippen LogP contribution in [-0.2, 0) is 16.6 Å². The first-order valence-corrected chi connectivity index (χ1v) is 12.0. The third-order valence-electron chi connectivity index (χ3n) is 4.96. The van der Waals surface area contributed by atoms with E-state index in [-0.39, 0.29) is 29.6 Å². The standard InChI is InChI=1S/C24H24N4O5S/c1-16(29)15-33-23-5-3-2-4-21(23)28-34(31,32)19-8-6-17(7-9-19)13-26-24(30)22-12-18-14-25-11-10-20(18)27-22/h2-12,14,16,27-29H,13,15H2,1H3,(H,26,30)/t16-/m0/s1. The number of pyridine rings is 1. The van der Waals surface area contributed by atoms with Gasteiger partial charge in [-0.15, -0.1) is 0 Å². The molecule has 0 unspecified atom stereocenters. The maximum Gasteiger partial charge on any atom is 0.267 e. The molecule has 1 amide bonds. The first kappa shape index (κ1) is 23.3. The first-order valence-electron chi connectivity index (χ1n) is 10.5. The highest BCUT2D eigenvalue weighted by atomic mass is 32.2. The Balaban J connectivity index is 1.40. The van der Waals surface area contributed by atoms with Gasteiger partial charge in [-0.1, -0.05) is 24.3 Å². The van der Waals surface area contributed by atoms with Crippen LogP contribution in [0.3, 0.4) is 0 Å². The van der Waals surface area contributed by atoms with Crippen molar-refractivity contribution in [2.24, 2.45) is 0 Å². The summed E-state index contributed by atoms with van der Waals surface area (Å²) < 4.78 is 33.7. The van der Waals surface area contributed by atoms with Crippen molar-refractivity contribution in [1.82, 2.24) is 15.3 Å². The number of fused-ring (bicyclic) bond motifs is 1. The molecule has 10 heteroatoms. The fourth-order valence-corrected chi connectivity index (χ4v) is 4.32. The number of aliphatic hydroxyl groups is 1. The van der Waals surface area contributed by atoms with Gasteiger partial charge in [-0.3, -0.25) is 14.5 Å². The van der Waals surface area contributed by atoms with Crippen LogP contribution in [0.5, 0.6) is 5.75 Å². The Morgan fingerprint density at radius 1 is 1.15 bits per heavy atom. The quantitative estimate of drug-likeness (QED) is 0.291. The summed E-state index contributed by atoms with van der Waals surface area (Å²) in [5.41, 5.74) is 2.25. The molecule has 2 heterocycles. The highest BCUT2D eigenvalue weighted by molar-refractivity contribution is 7.92. The van der Waals surface area contributed by atoms with Crippen LogP contribution in [0.2, 0.25) is 0 Å². The van der Waals surface area contributed by atoms with Crippen molar-refractivity contribution in [2.45, 2.75) is 24.5 Å². The molecule has 0 bridgehead atoms. The number of aliphatic hydroxyl groups excluding tert-OH is 1. The molecule has 0 aliphatic rings. The number of amides is 1. The predicted octanol–water partition coefficient (Wildman–Crippen LogP) is 3.05. The molecular weight excluding hydrogens is 456 g/mol. The van der Waals surface area contributed by atoms with Gasteiger partial charge in [0, 0.05) is 29.8 Å². The lowest BCUT2D eigenvalue weighted by molar-refractivity contribution is 0.0946. The highest BCUT2D eigenvalue weighted by Gasteiger charge is 2.17. The monoisotopic (exact) mass is 480 g/mol. The Bertz CT molecular complexity index is 1370. The van der Waals surface area contributed by atoms with Gasteiger partial charge < -0.3 is 20.1 Å². The van der Waals surface area contributed by atoms with E-state index >= 15 is 0 Å². The predicted molar refractivity (Wildman–Crippen MR) is 128 cm³/mol. The zero-order valence-corrected chi connectivity index (χ0v) is 19.2. The van der Waals surface area contributed by atoms with Gasteiger partial charge in [-0.2, -0.15) is 0 Å². The van der Waals surface area contributed by atoms with E-state index in [1.54, 1.807) is 67.8 Å². The molecule has 4 N–H and O–H groups in total. The number of sulfonamides is 1. The minimum absolute atomic E-state index is 0.0363. The lowest BCUT2D eigenvalue weighted by Gasteiger charge is -2.14. The SMILES string of the molecule is C[C@H](O)COc1ccccc1NS(=O)(=O)c1ccc(CNC(=O)c2cc3cnccc3[nH]2)cc1. The van der Waals surface area contributed by atoms with E-state index in [4.69, 9.17) is 4.74 Å². The fourth-order valence-electron chi connectivity index (χ4n) is 3.25. The Hall–Kier alpha value is -3.89. The summed E-state index contributed by atoms with van der Waals surface area (Å²) in [5, 5.41) is 13.1. The summed E-state index contributed by atoms with van der Waals surface area (Å²) in [4.78, 5) is 19.6. The summed E-state index contributed by atoms with van der Waals surface area (Å²) in [5.74, 6) is 0.0439. The third-order valence-corrected chi connectivity index (χ3v) is 6.35. The number of benzene rings is 2. The maximum atomic E-state index is 12.8. The number of hydrogen-bond donors (Lipinski definition) is 4. The van der Waals surface area contributed by atoms with Gasteiger partial charge in [0.2, 0.25) is 0 Å². The van der Waals surface area contributed by atoms with E-state index in [1.165, 1.54) is 12.1 Å². The van der Waals surface area contributed by atoms with Crippen LogP contribution < -0.4 is 14.8 Å². The number of para-hydroxylation sites is 2. The van der Waals surface area contributed by atoms with Crippen LogP contribution in [0.4, 0.5) is 5.69 Å². The second-order valence-corrected chi connectivity index (χ2v) is 9.42. The van der Waals surface area contributed by atoms with Crippen LogP contribution >= 0.6 is 0 Å². The van der Waals surface area contributed by atoms with Crippen LogP contribution in [0.15, 0.2) is 78.0 Å². The lowest BCUT2D eigenvalue weighted by atomic mass is 10.2. The fraction of sp³-hybridized carbons (Fsp3) is 0.167. The lowest BCUT2D eigenvalue weighted by Crippen LogP contribution is -2.23. The van der Waals surface area contributed by atoms with Gasteiger partial charge in [-0.05, 0) is 48.9 Å². The number of ether oxygens (including phenoxy) is 1. The normalized spacial score (nSPS) is 12.3. The molecule has 0 radical (unpaired) electrons. The number of aromatic nitrogens is 2. The van der Waals surface area contributed by atoms with Gasteiger partial charge in [0.05, 0.1) is 16.7 Å². The zero-order valence-electron chi connectivity index (χ0n) is 18.4. The van der Waals surface area contributed by atoms with Gasteiger partial charge in [-0.25, -0.2) is 8.42 Å². The highest BCUT2D eigenvalue weighted by Crippen LogP contribution is 2.27. The van der Waals surface area contributed by atoms with Gasteiger partial charge in [0.15, 0.2) is 0 Å². The number of aromatic amines is 1. The Kier molecular flexibility index (Phi) is 6.80. The summed E-state index contributed by atoms with van der Waals surface area (Å²) in [6, 6.07) is 16.3. The van der Waals surface area contributed by atoms with Crippen molar-refractivity contribution in [1.29, 1.82) is 0 Å². The van der Waals surface area contributed by atoms with E-state index in [1.807, 2.05) is 0 Å². The van der Waals surface area contributed by atoms with E-state index in [0.29, 0.717) is 11.4 Å². The molecule has 0 saturated carbocycles. The number of nitrogens with one attached hydrogen (secondary N) is 3. The number of anilines is 1. The molecule has 0 fully saturated rings. The summed E-state index contributed by atoms with van der Waals surface area (Å²) >= 11 is 0. The van der Waals surface area contributed by atoms with E-state index in [0.717, 1.165) is 16.5 Å². The van der Waals surface area contributed by atoms with Crippen molar-refractivity contribution in [3.63, 3.8) is 0 Å². The number of nitrogens with zero attached hydrogens (tertiary/aromatic N) is 1. The average Bonchev–Trinajstić information content (AvgIpc) is 3.26. The Morgan fingerprint density at radius 3 is 2.65 bits per heavy atom. The smallest absolute Gasteiger partial charge is 0.267 e. The molecule has 176 valence electrons. The van der Waals surface area contributed by atoms with Gasteiger partial charge >= 0.3 is 0 Å². The van der Waals surface area contributed by atoms with Crippen molar-refractivity contribution in [2.75, 3.05) is 11.3 Å². The molecule has 34 heavy (non-hydrogen) atoms. The Labute approximate surface area is 196 Å².